The molecule has 124 valence electrons. The van der Waals surface area contributed by atoms with Gasteiger partial charge in [-0.1, -0.05) is 30.0 Å². The second-order valence-corrected chi connectivity index (χ2v) is 6.78. The average Bonchev–Trinajstić information content (AvgIpc) is 3.05. The Labute approximate surface area is 143 Å². The number of benzene rings is 1. The van der Waals surface area contributed by atoms with Crippen LogP contribution in [0.1, 0.15) is 23.7 Å². The smallest absolute Gasteiger partial charge is 0.206 e. The lowest BCUT2D eigenvalue weighted by atomic mass is 10.1. The molecular formula is C15H19N3O3S2. The van der Waals surface area contributed by atoms with Crippen LogP contribution in [-0.2, 0) is 0 Å². The first-order chi connectivity index (χ1) is 11.2. The maximum Gasteiger partial charge on any atom is 0.206 e. The highest BCUT2D eigenvalue weighted by Gasteiger charge is 2.15. The standard InChI is InChI=1S/C15H19N3O3S2/c1-4-7-16-14-17-18-15(23-14)22-9-12(19)11-6-5-10(20-2)8-13(11)21-3/h5-6,8H,4,7,9H2,1-3H3,(H,16,17). The van der Waals surface area contributed by atoms with Crippen LogP contribution in [0.15, 0.2) is 22.5 Å². The number of anilines is 1. The van der Waals surface area contributed by atoms with E-state index >= 15 is 0 Å². The van der Waals surface area contributed by atoms with E-state index in [1.807, 2.05) is 0 Å². The van der Waals surface area contributed by atoms with Crippen LogP contribution in [0.2, 0.25) is 0 Å². The fourth-order valence-corrected chi connectivity index (χ4v) is 3.47. The van der Waals surface area contributed by atoms with Crippen LogP contribution >= 0.6 is 23.1 Å². The van der Waals surface area contributed by atoms with Gasteiger partial charge in [-0.05, 0) is 18.6 Å². The molecule has 0 saturated carbocycles. The molecule has 0 amide bonds. The summed E-state index contributed by atoms with van der Waals surface area (Å²) in [5, 5.41) is 12.1. The maximum atomic E-state index is 12.4. The van der Waals surface area contributed by atoms with Crippen molar-refractivity contribution in [1.29, 1.82) is 0 Å². The molecule has 0 unspecified atom stereocenters. The first kappa shape index (κ1) is 17.6. The number of nitrogens with one attached hydrogen (secondary N) is 1. The van der Waals surface area contributed by atoms with E-state index in [2.05, 4.69) is 22.4 Å². The minimum atomic E-state index is -0.0206. The topological polar surface area (TPSA) is 73.3 Å². The molecule has 0 radical (unpaired) electrons. The Balaban J connectivity index is 1.98. The summed E-state index contributed by atoms with van der Waals surface area (Å²) in [5.41, 5.74) is 0.537. The normalized spacial score (nSPS) is 10.4. The number of methoxy groups -OCH3 is 2. The number of carbonyl (C=O) groups is 1. The van der Waals surface area contributed by atoms with Crippen LogP contribution in [0.5, 0.6) is 11.5 Å². The van der Waals surface area contributed by atoms with Gasteiger partial charge in [0.25, 0.3) is 0 Å². The minimum absolute atomic E-state index is 0.0206. The molecule has 0 bridgehead atoms. The van der Waals surface area contributed by atoms with E-state index in [9.17, 15) is 4.79 Å². The third-order valence-electron chi connectivity index (χ3n) is 2.97. The van der Waals surface area contributed by atoms with Crippen molar-refractivity contribution in [2.75, 3.05) is 31.8 Å². The average molecular weight is 353 g/mol. The largest absolute Gasteiger partial charge is 0.497 e. The van der Waals surface area contributed by atoms with Crippen molar-refractivity contribution in [2.45, 2.75) is 17.7 Å². The minimum Gasteiger partial charge on any atom is -0.497 e. The van der Waals surface area contributed by atoms with Crippen LogP contribution in [-0.4, -0.2) is 42.5 Å². The summed E-state index contributed by atoms with van der Waals surface area (Å²) in [7, 11) is 3.11. The zero-order chi connectivity index (χ0) is 16.7. The van der Waals surface area contributed by atoms with Crippen LogP contribution in [0, 0.1) is 0 Å². The van der Waals surface area contributed by atoms with Crippen molar-refractivity contribution in [3.05, 3.63) is 23.8 Å². The SMILES string of the molecule is CCCNc1nnc(SCC(=O)c2ccc(OC)cc2OC)s1. The molecule has 0 aliphatic heterocycles. The molecule has 1 aromatic carbocycles. The van der Waals surface area contributed by atoms with Crippen LogP contribution in [0.25, 0.3) is 0 Å². The van der Waals surface area contributed by atoms with E-state index in [-0.39, 0.29) is 11.5 Å². The van der Waals surface area contributed by atoms with Gasteiger partial charge < -0.3 is 14.8 Å². The molecule has 2 rings (SSSR count). The van der Waals surface area contributed by atoms with E-state index < -0.39 is 0 Å². The molecular weight excluding hydrogens is 334 g/mol. The Hall–Kier alpha value is -1.80. The highest BCUT2D eigenvalue weighted by molar-refractivity contribution is 8.01. The summed E-state index contributed by atoms with van der Waals surface area (Å²) in [5.74, 6) is 1.43. The van der Waals surface area contributed by atoms with Gasteiger partial charge in [0, 0.05) is 12.6 Å². The lowest BCUT2D eigenvalue weighted by Gasteiger charge is -2.09. The van der Waals surface area contributed by atoms with Gasteiger partial charge >= 0.3 is 0 Å². The van der Waals surface area contributed by atoms with Crippen LogP contribution in [0.4, 0.5) is 5.13 Å². The van der Waals surface area contributed by atoms with E-state index in [0.29, 0.717) is 17.1 Å². The Morgan fingerprint density at radius 3 is 2.83 bits per heavy atom. The first-order valence-corrected chi connectivity index (χ1v) is 8.93. The van der Waals surface area contributed by atoms with Crippen LogP contribution < -0.4 is 14.8 Å². The zero-order valence-electron chi connectivity index (χ0n) is 13.3. The number of thioether (sulfide) groups is 1. The molecule has 1 heterocycles. The highest BCUT2D eigenvalue weighted by atomic mass is 32.2. The number of ether oxygens (including phenoxy) is 2. The quantitative estimate of drug-likeness (QED) is 0.547. The first-order valence-electron chi connectivity index (χ1n) is 7.13. The third kappa shape index (κ3) is 4.84. The molecule has 0 atom stereocenters. The molecule has 6 nitrogen and oxygen atoms in total. The summed E-state index contributed by atoms with van der Waals surface area (Å²) in [4.78, 5) is 12.4. The summed E-state index contributed by atoms with van der Waals surface area (Å²) in [6, 6.07) is 5.17. The lowest BCUT2D eigenvalue weighted by molar-refractivity contribution is 0.101. The Kier molecular flexibility index (Phi) is 6.66. The molecule has 0 saturated heterocycles. The molecule has 1 N–H and O–H groups in total. The molecule has 0 aliphatic rings. The molecule has 2 aromatic rings. The number of hydrogen-bond donors (Lipinski definition) is 1. The van der Waals surface area contributed by atoms with Crippen molar-refractivity contribution >= 4 is 34.0 Å². The van der Waals surface area contributed by atoms with Gasteiger partial charge in [0.1, 0.15) is 11.5 Å². The fraction of sp³-hybridized carbons (Fsp3) is 0.400. The van der Waals surface area contributed by atoms with Gasteiger partial charge in [-0.2, -0.15) is 0 Å². The van der Waals surface area contributed by atoms with E-state index in [1.165, 1.54) is 30.2 Å². The Morgan fingerprint density at radius 2 is 2.13 bits per heavy atom. The lowest BCUT2D eigenvalue weighted by Crippen LogP contribution is -2.05. The second-order valence-electron chi connectivity index (χ2n) is 4.58. The van der Waals surface area contributed by atoms with Crippen molar-refractivity contribution in [1.82, 2.24) is 10.2 Å². The molecule has 1 aromatic heterocycles. The van der Waals surface area contributed by atoms with E-state index in [1.54, 1.807) is 25.3 Å². The number of rotatable bonds is 9. The monoisotopic (exact) mass is 353 g/mol. The van der Waals surface area contributed by atoms with Crippen molar-refractivity contribution in [2.24, 2.45) is 0 Å². The molecule has 0 fully saturated rings. The predicted octanol–water partition coefficient (Wildman–Crippen LogP) is 3.35. The van der Waals surface area contributed by atoms with Gasteiger partial charge in [0.05, 0.1) is 25.5 Å². The molecule has 23 heavy (non-hydrogen) atoms. The number of nitrogens with zero attached hydrogens (tertiary/aromatic N) is 2. The zero-order valence-corrected chi connectivity index (χ0v) is 14.9. The molecule has 0 aliphatic carbocycles. The second kappa shape index (κ2) is 8.73. The number of Topliss-reactive ketones (excluding diaryl/α,β-unsaturated/α-hetero) is 1. The fourth-order valence-electron chi connectivity index (χ4n) is 1.81. The number of ketones is 1. The van der Waals surface area contributed by atoms with Gasteiger partial charge in [-0.15, -0.1) is 10.2 Å². The number of hydrogen-bond acceptors (Lipinski definition) is 8. The molecule has 0 spiro atoms. The van der Waals surface area contributed by atoms with Gasteiger partial charge in [-0.25, -0.2) is 0 Å². The number of carbonyl (C=O) groups excluding carboxylic acids is 1. The third-order valence-corrected chi connectivity index (χ3v) is 4.98. The van der Waals surface area contributed by atoms with Crippen molar-refractivity contribution < 1.29 is 14.3 Å². The van der Waals surface area contributed by atoms with Gasteiger partial charge in [0.2, 0.25) is 5.13 Å². The van der Waals surface area contributed by atoms with E-state index in [0.717, 1.165) is 22.4 Å². The summed E-state index contributed by atoms with van der Waals surface area (Å²) in [6.07, 6.45) is 1.03. The van der Waals surface area contributed by atoms with E-state index in [4.69, 9.17) is 9.47 Å². The van der Waals surface area contributed by atoms with Crippen LogP contribution in [0.3, 0.4) is 0 Å². The highest BCUT2D eigenvalue weighted by Crippen LogP contribution is 2.29. The van der Waals surface area contributed by atoms with Crippen molar-refractivity contribution in [3.63, 3.8) is 0 Å². The van der Waals surface area contributed by atoms with Gasteiger partial charge in [0.15, 0.2) is 10.1 Å². The summed E-state index contributed by atoms with van der Waals surface area (Å²) >= 11 is 2.83. The Morgan fingerprint density at radius 1 is 1.30 bits per heavy atom. The predicted molar refractivity (Wildman–Crippen MR) is 93.3 cm³/mol. The molecule has 8 heteroatoms. The Bertz CT molecular complexity index is 661. The summed E-state index contributed by atoms with van der Waals surface area (Å²) < 4.78 is 11.2. The summed E-state index contributed by atoms with van der Waals surface area (Å²) in [6.45, 7) is 2.95. The van der Waals surface area contributed by atoms with Gasteiger partial charge in [-0.3, -0.25) is 4.79 Å². The van der Waals surface area contributed by atoms with Crippen molar-refractivity contribution in [3.8, 4) is 11.5 Å². The maximum absolute atomic E-state index is 12.4. The number of aromatic nitrogens is 2.